The quantitative estimate of drug-likeness (QED) is 0.228. The Morgan fingerprint density at radius 3 is 1.78 bits per heavy atom. The van der Waals surface area contributed by atoms with Gasteiger partial charge < -0.3 is 13.7 Å². The maximum Gasteiger partial charge on any atom is 0.136 e. The summed E-state index contributed by atoms with van der Waals surface area (Å²) < 4.78 is 8.39. The van der Waals surface area contributed by atoms with Crippen LogP contribution in [-0.2, 0) is 0 Å². The van der Waals surface area contributed by atoms with Crippen LogP contribution in [0.25, 0.3) is 60.2 Å². The summed E-state index contributed by atoms with van der Waals surface area (Å²) in [6.45, 7) is 0. The van der Waals surface area contributed by atoms with E-state index in [2.05, 4.69) is 149 Å². The molecule has 3 heterocycles. The fourth-order valence-corrected chi connectivity index (χ4v) is 6.67. The van der Waals surface area contributed by atoms with E-state index in [4.69, 9.17) is 4.42 Å². The molecule has 0 radical (unpaired) electrons. The lowest BCUT2D eigenvalue weighted by atomic mass is 9.98. The summed E-state index contributed by atoms with van der Waals surface area (Å²) in [5.74, 6) is 0. The summed E-state index contributed by atoms with van der Waals surface area (Å²) in [6, 6.07) is 49.9. The number of aromatic nitrogens is 1. The fourth-order valence-electron chi connectivity index (χ4n) is 6.67. The molecule has 0 saturated carbocycles. The van der Waals surface area contributed by atoms with Crippen molar-refractivity contribution in [3.8, 4) is 11.1 Å². The topological polar surface area (TPSA) is 20.8 Å². The Hall–Kier alpha value is -5.54. The molecule has 3 nitrogen and oxygen atoms in total. The van der Waals surface area contributed by atoms with Crippen molar-refractivity contribution in [2.24, 2.45) is 0 Å². The molecule has 0 saturated heterocycles. The van der Waals surface area contributed by atoms with E-state index in [0.717, 1.165) is 33.6 Å². The molecule has 9 rings (SSSR count). The SMILES string of the molecule is c1ccc(-c2ccc3occc3c2N(c2ccccc2)c2cc3c4ccccc4n4c5ccccc5c(c2)c34)cc1. The van der Waals surface area contributed by atoms with Gasteiger partial charge >= 0.3 is 0 Å². The molecule has 0 aliphatic heterocycles. The Kier molecular flexibility index (Phi) is 4.61. The maximum atomic E-state index is 5.96. The summed E-state index contributed by atoms with van der Waals surface area (Å²) in [5.41, 5.74) is 10.3. The van der Waals surface area contributed by atoms with Crippen molar-refractivity contribution >= 4 is 66.1 Å². The molecule has 0 fully saturated rings. The van der Waals surface area contributed by atoms with E-state index in [-0.39, 0.29) is 0 Å². The molecule has 0 spiro atoms. The first-order valence-corrected chi connectivity index (χ1v) is 13.9. The number of furan rings is 1. The first-order chi connectivity index (χ1) is 20.4. The Bertz CT molecular complexity index is 2280. The summed E-state index contributed by atoms with van der Waals surface area (Å²) in [7, 11) is 0. The van der Waals surface area contributed by atoms with Crippen LogP contribution in [0.5, 0.6) is 0 Å². The Morgan fingerprint density at radius 1 is 0.488 bits per heavy atom. The number of para-hydroxylation sites is 3. The Morgan fingerprint density at radius 2 is 1.10 bits per heavy atom. The van der Waals surface area contributed by atoms with Crippen molar-refractivity contribution in [1.29, 1.82) is 0 Å². The van der Waals surface area contributed by atoms with E-state index in [1.807, 2.05) is 0 Å². The van der Waals surface area contributed by atoms with Crippen molar-refractivity contribution in [3.63, 3.8) is 0 Å². The molecule has 9 aromatic rings. The van der Waals surface area contributed by atoms with Crippen LogP contribution >= 0.6 is 0 Å². The number of benzene rings is 6. The van der Waals surface area contributed by atoms with E-state index >= 15 is 0 Å². The van der Waals surface area contributed by atoms with E-state index in [1.54, 1.807) is 6.26 Å². The van der Waals surface area contributed by atoms with E-state index < -0.39 is 0 Å². The summed E-state index contributed by atoms with van der Waals surface area (Å²) in [4.78, 5) is 2.41. The molecule has 0 N–H and O–H groups in total. The Labute approximate surface area is 236 Å². The largest absolute Gasteiger partial charge is 0.464 e. The second-order valence-electron chi connectivity index (χ2n) is 10.6. The third-order valence-electron chi connectivity index (χ3n) is 8.38. The zero-order valence-electron chi connectivity index (χ0n) is 22.2. The summed E-state index contributed by atoms with van der Waals surface area (Å²) in [5, 5.41) is 6.11. The highest BCUT2D eigenvalue weighted by Gasteiger charge is 2.24. The van der Waals surface area contributed by atoms with Crippen molar-refractivity contribution in [1.82, 2.24) is 4.40 Å². The first-order valence-electron chi connectivity index (χ1n) is 13.9. The van der Waals surface area contributed by atoms with Crippen LogP contribution in [0.4, 0.5) is 17.1 Å². The smallest absolute Gasteiger partial charge is 0.136 e. The van der Waals surface area contributed by atoms with Crippen molar-refractivity contribution in [2.45, 2.75) is 0 Å². The average molecular weight is 525 g/mol. The number of fused-ring (bicyclic) bond motifs is 7. The zero-order valence-corrected chi connectivity index (χ0v) is 22.2. The molecular formula is C38H24N2O. The molecule has 6 aromatic carbocycles. The molecule has 41 heavy (non-hydrogen) atoms. The van der Waals surface area contributed by atoms with Gasteiger partial charge in [0.05, 0.1) is 28.5 Å². The lowest BCUT2D eigenvalue weighted by Crippen LogP contribution is -2.11. The number of nitrogens with zero attached hydrogens (tertiary/aromatic N) is 2. The van der Waals surface area contributed by atoms with Crippen molar-refractivity contribution < 1.29 is 4.42 Å². The molecule has 0 aliphatic rings. The fraction of sp³-hybridized carbons (Fsp3) is 0. The number of hydrogen-bond acceptors (Lipinski definition) is 2. The normalized spacial score (nSPS) is 11.9. The highest BCUT2D eigenvalue weighted by atomic mass is 16.3. The van der Waals surface area contributed by atoms with Crippen LogP contribution in [0.1, 0.15) is 0 Å². The van der Waals surface area contributed by atoms with Crippen LogP contribution < -0.4 is 4.90 Å². The number of rotatable bonds is 4. The minimum atomic E-state index is 0.869. The van der Waals surface area contributed by atoms with Gasteiger partial charge in [0, 0.05) is 43.9 Å². The average Bonchev–Trinajstić information content (AvgIpc) is 3.74. The van der Waals surface area contributed by atoms with Gasteiger partial charge in [0.15, 0.2) is 0 Å². The van der Waals surface area contributed by atoms with Gasteiger partial charge in [0.25, 0.3) is 0 Å². The highest BCUT2D eigenvalue weighted by molar-refractivity contribution is 6.24. The number of anilines is 3. The lowest BCUT2D eigenvalue weighted by Gasteiger charge is -2.29. The van der Waals surface area contributed by atoms with Gasteiger partial charge in [-0.2, -0.15) is 0 Å². The van der Waals surface area contributed by atoms with E-state index in [0.29, 0.717) is 0 Å². The second-order valence-corrected chi connectivity index (χ2v) is 10.6. The first kappa shape index (κ1) is 22.3. The summed E-state index contributed by atoms with van der Waals surface area (Å²) in [6.07, 6.45) is 1.79. The monoisotopic (exact) mass is 524 g/mol. The van der Waals surface area contributed by atoms with E-state index in [1.165, 1.54) is 43.7 Å². The predicted octanol–water partition coefficient (Wildman–Crippen LogP) is 10.7. The number of hydrogen-bond donors (Lipinski definition) is 0. The minimum absolute atomic E-state index is 0.869. The van der Waals surface area contributed by atoms with Gasteiger partial charge in [-0.3, -0.25) is 0 Å². The lowest BCUT2D eigenvalue weighted by molar-refractivity contribution is 0.616. The molecule has 0 aliphatic carbocycles. The van der Waals surface area contributed by atoms with Crippen LogP contribution in [0.15, 0.2) is 150 Å². The molecule has 192 valence electrons. The van der Waals surface area contributed by atoms with Crippen LogP contribution in [0.3, 0.4) is 0 Å². The van der Waals surface area contributed by atoms with Gasteiger partial charge in [0.2, 0.25) is 0 Å². The molecule has 0 unspecified atom stereocenters. The molecule has 0 amide bonds. The standard InChI is InChI=1S/C38H24N2O/c1-3-11-25(12-4-1)28-19-20-36-31(21-22-41-36)37(28)39(26-13-5-2-6-14-26)27-23-32-29-15-7-9-17-34(29)40-35-18-10-8-16-30(35)33(24-27)38(32)40/h1-24H. The van der Waals surface area contributed by atoms with Gasteiger partial charge in [-0.15, -0.1) is 0 Å². The minimum Gasteiger partial charge on any atom is -0.464 e. The van der Waals surface area contributed by atoms with Gasteiger partial charge in [-0.1, -0.05) is 84.9 Å². The molecule has 3 heteroatoms. The van der Waals surface area contributed by atoms with Gasteiger partial charge in [-0.05, 0) is 60.2 Å². The molecular weight excluding hydrogens is 500 g/mol. The van der Waals surface area contributed by atoms with Crippen molar-refractivity contribution in [3.05, 3.63) is 146 Å². The summed E-state index contributed by atoms with van der Waals surface area (Å²) >= 11 is 0. The molecule has 3 aromatic heterocycles. The van der Waals surface area contributed by atoms with E-state index in [9.17, 15) is 0 Å². The zero-order chi connectivity index (χ0) is 26.9. The molecule has 0 atom stereocenters. The van der Waals surface area contributed by atoms with Gasteiger partial charge in [-0.25, -0.2) is 0 Å². The Balaban J connectivity index is 1.45. The maximum absolute atomic E-state index is 5.96. The molecule has 0 bridgehead atoms. The van der Waals surface area contributed by atoms with Crippen LogP contribution in [0.2, 0.25) is 0 Å². The predicted molar refractivity (Wildman–Crippen MR) is 171 cm³/mol. The highest BCUT2D eigenvalue weighted by Crippen LogP contribution is 2.48. The second kappa shape index (κ2) is 8.48. The van der Waals surface area contributed by atoms with Crippen LogP contribution in [0, 0.1) is 0 Å². The third-order valence-corrected chi connectivity index (χ3v) is 8.38. The van der Waals surface area contributed by atoms with Gasteiger partial charge in [0.1, 0.15) is 5.58 Å². The van der Waals surface area contributed by atoms with Crippen LogP contribution in [-0.4, -0.2) is 4.40 Å². The third kappa shape index (κ3) is 3.14. The van der Waals surface area contributed by atoms with Crippen molar-refractivity contribution in [2.75, 3.05) is 4.90 Å².